The van der Waals surface area contributed by atoms with Crippen LogP contribution < -0.4 is 15.4 Å². The maximum atomic E-state index is 12.5. The third-order valence-corrected chi connectivity index (χ3v) is 5.32. The molecule has 2 amide bonds. The van der Waals surface area contributed by atoms with E-state index in [1.165, 1.54) is 13.4 Å². The number of furan rings is 1. The molecule has 0 aliphatic rings. The first-order valence-electron chi connectivity index (χ1n) is 10.1. The average molecular weight is 487 g/mol. The van der Waals surface area contributed by atoms with Crippen molar-refractivity contribution in [2.75, 3.05) is 32.2 Å². The van der Waals surface area contributed by atoms with Crippen molar-refractivity contribution in [2.45, 2.75) is 6.92 Å². The van der Waals surface area contributed by atoms with Gasteiger partial charge in [-0.05, 0) is 43.3 Å². The van der Waals surface area contributed by atoms with Gasteiger partial charge in [-0.1, -0.05) is 0 Å². The standard InChI is InChI=1S/C23H22N2O8S/c1-3-31-23(29)20-16(17-5-4-10-32-17)13-34-22(20)25-18(26)12-33-19(27)11-24-21(28)14-6-8-15(30-2)9-7-14/h4-10,13H,3,11-12H2,1-2H3,(H,24,28)(H,25,26). The second kappa shape index (κ2) is 11.7. The third-order valence-electron chi connectivity index (χ3n) is 4.42. The molecule has 0 saturated carbocycles. The van der Waals surface area contributed by atoms with E-state index >= 15 is 0 Å². The van der Waals surface area contributed by atoms with Crippen LogP contribution in [0.1, 0.15) is 27.6 Å². The zero-order valence-electron chi connectivity index (χ0n) is 18.4. The minimum atomic E-state index is -0.801. The fourth-order valence-corrected chi connectivity index (χ4v) is 3.78. The highest BCUT2D eigenvalue weighted by Crippen LogP contribution is 2.36. The maximum Gasteiger partial charge on any atom is 0.341 e. The summed E-state index contributed by atoms with van der Waals surface area (Å²) in [5.41, 5.74) is 0.957. The second-order valence-electron chi connectivity index (χ2n) is 6.67. The van der Waals surface area contributed by atoms with E-state index < -0.39 is 36.9 Å². The van der Waals surface area contributed by atoms with Gasteiger partial charge < -0.3 is 29.3 Å². The van der Waals surface area contributed by atoms with Crippen molar-refractivity contribution in [2.24, 2.45) is 0 Å². The first-order valence-corrected chi connectivity index (χ1v) is 11.0. The van der Waals surface area contributed by atoms with E-state index in [4.69, 9.17) is 18.6 Å². The molecule has 0 radical (unpaired) electrons. The van der Waals surface area contributed by atoms with Gasteiger partial charge in [-0.15, -0.1) is 11.3 Å². The van der Waals surface area contributed by atoms with Crippen LogP contribution >= 0.6 is 11.3 Å². The highest BCUT2D eigenvalue weighted by Gasteiger charge is 2.24. The lowest BCUT2D eigenvalue weighted by molar-refractivity contribution is -0.146. The monoisotopic (exact) mass is 486 g/mol. The van der Waals surface area contributed by atoms with Crippen molar-refractivity contribution in [3.63, 3.8) is 0 Å². The molecule has 2 aromatic heterocycles. The van der Waals surface area contributed by atoms with Crippen LogP contribution in [0.4, 0.5) is 5.00 Å². The number of carbonyl (C=O) groups is 4. The Morgan fingerprint density at radius 2 is 1.82 bits per heavy atom. The number of nitrogens with one attached hydrogen (secondary N) is 2. The van der Waals surface area contributed by atoms with Gasteiger partial charge in [-0.2, -0.15) is 0 Å². The van der Waals surface area contributed by atoms with Crippen molar-refractivity contribution in [1.29, 1.82) is 0 Å². The van der Waals surface area contributed by atoms with E-state index in [9.17, 15) is 19.2 Å². The molecule has 178 valence electrons. The summed E-state index contributed by atoms with van der Waals surface area (Å²) in [6, 6.07) is 9.68. The van der Waals surface area contributed by atoms with Crippen LogP contribution in [-0.2, 0) is 19.1 Å². The molecule has 0 aliphatic heterocycles. The summed E-state index contributed by atoms with van der Waals surface area (Å²) >= 11 is 1.11. The van der Waals surface area contributed by atoms with Gasteiger partial charge in [0.15, 0.2) is 6.61 Å². The number of carbonyl (C=O) groups excluding carboxylic acids is 4. The van der Waals surface area contributed by atoms with Crippen LogP contribution in [0.5, 0.6) is 5.75 Å². The first-order chi connectivity index (χ1) is 16.4. The van der Waals surface area contributed by atoms with Crippen LogP contribution in [0.3, 0.4) is 0 Å². The van der Waals surface area contributed by atoms with Crippen LogP contribution in [0.25, 0.3) is 11.3 Å². The van der Waals surface area contributed by atoms with Gasteiger partial charge in [0.25, 0.3) is 11.8 Å². The predicted molar refractivity (Wildman–Crippen MR) is 123 cm³/mol. The zero-order valence-corrected chi connectivity index (χ0v) is 19.2. The van der Waals surface area contributed by atoms with Crippen LogP contribution in [0.2, 0.25) is 0 Å². The molecule has 0 fully saturated rings. The summed E-state index contributed by atoms with van der Waals surface area (Å²) in [7, 11) is 1.51. The molecule has 3 rings (SSSR count). The topological polar surface area (TPSA) is 133 Å². The van der Waals surface area contributed by atoms with E-state index in [1.54, 1.807) is 48.7 Å². The Labute approximate surface area is 198 Å². The largest absolute Gasteiger partial charge is 0.497 e. The Hall–Kier alpha value is -4.12. The summed E-state index contributed by atoms with van der Waals surface area (Å²) in [6.07, 6.45) is 1.47. The number of amides is 2. The first kappa shape index (κ1) is 24.5. The Kier molecular flexibility index (Phi) is 8.41. The summed E-state index contributed by atoms with van der Waals surface area (Å²) in [4.78, 5) is 48.8. The van der Waals surface area contributed by atoms with Crippen molar-refractivity contribution in [3.05, 3.63) is 59.2 Å². The number of benzene rings is 1. The molecular formula is C23H22N2O8S. The third kappa shape index (κ3) is 6.23. The molecule has 34 heavy (non-hydrogen) atoms. The smallest absolute Gasteiger partial charge is 0.341 e. The number of hydrogen-bond donors (Lipinski definition) is 2. The average Bonchev–Trinajstić information content (AvgIpc) is 3.51. The summed E-state index contributed by atoms with van der Waals surface area (Å²) in [5, 5.41) is 6.85. The number of esters is 2. The zero-order chi connectivity index (χ0) is 24.5. The molecule has 3 aromatic rings. The number of anilines is 1. The van der Waals surface area contributed by atoms with Gasteiger partial charge in [-0.25, -0.2) is 4.79 Å². The number of rotatable bonds is 10. The van der Waals surface area contributed by atoms with E-state index in [0.717, 1.165) is 11.3 Å². The highest BCUT2D eigenvalue weighted by atomic mass is 32.1. The molecule has 0 aliphatic carbocycles. The molecule has 0 saturated heterocycles. The maximum absolute atomic E-state index is 12.5. The number of ether oxygens (including phenoxy) is 3. The Morgan fingerprint density at radius 1 is 1.06 bits per heavy atom. The molecule has 10 nitrogen and oxygen atoms in total. The quantitative estimate of drug-likeness (QED) is 0.418. The van der Waals surface area contributed by atoms with Crippen molar-refractivity contribution < 1.29 is 37.8 Å². The van der Waals surface area contributed by atoms with Crippen LogP contribution in [0, 0.1) is 0 Å². The SMILES string of the molecule is CCOC(=O)c1c(-c2ccco2)csc1NC(=O)COC(=O)CNC(=O)c1ccc(OC)cc1. The highest BCUT2D eigenvalue weighted by molar-refractivity contribution is 7.15. The van der Waals surface area contributed by atoms with E-state index in [1.807, 2.05) is 0 Å². The number of hydrogen-bond acceptors (Lipinski definition) is 9. The molecule has 0 atom stereocenters. The second-order valence-corrected chi connectivity index (χ2v) is 7.55. The molecule has 11 heteroatoms. The fourth-order valence-electron chi connectivity index (χ4n) is 2.83. The van der Waals surface area contributed by atoms with E-state index in [-0.39, 0.29) is 17.2 Å². The minimum Gasteiger partial charge on any atom is -0.497 e. The molecule has 0 spiro atoms. The molecule has 0 unspecified atom stereocenters. The number of methoxy groups -OCH3 is 1. The Balaban J connectivity index is 1.53. The predicted octanol–water partition coefficient (Wildman–Crippen LogP) is 3.11. The minimum absolute atomic E-state index is 0.147. The van der Waals surface area contributed by atoms with Gasteiger partial charge >= 0.3 is 11.9 Å². The summed E-state index contributed by atoms with van der Waals surface area (Å²) < 4.78 is 20.4. The Morgan fingerprint density at radius 3 is 2.47 bits per heavy atom. The normalized spacial score (nSPS) is 10.3. The molecule has 2 heterocycles. The van der Waals surface area contributed by atoms with Gasteiger partial charge in [-0.3, -0.25) is 14.4 Å². The lowest BCUT2D eigenvalue weighted by Crippen LogP contribution is -2.32. The summed E-state index contributed by atoms with van der Waals surface area (Å²) in [5.74, 6) is -1.52. The fraction of sp³-hybridized carbons (Fsp3) is 0.217. The Bertz CT molecular complexity index is 1150. The molecule has 1 aromatic carbocycles. The summed E-state index contributed by atoms with van der Waals surface area (Å²) in [6.45, 7) is 0.794. The lowest BCUT2D eigenvalue weighted by Gasteiger charge is -2.09. The van der Waals surface area contributed by atoms with Gasteiger partial charge in [0.2, 0.25) is 0 Å². The molecule has 0 bridgehead atoms. The molecule has 2 N–H and O–H groups in total. The number of thiophene rings is 1. The van der Waals surface area contributed by atoms with Crippen molar-refractivity contribution >= 4 is 40.1 Å². The van der Waals surface area contributed by atoms with Crippen molar-refractivity contribution in [1.82, 2.24) is 5.32 Å². The van der Waals surface area contributed by atoms with Gasteiger partial charge in [0.05, 0.1) is 20.0 Å². The van der Waals surface area contributed by atoms with Crippen LogP contribution in [-0.4, -0.2) is 50.6 Å². The van der Waals surface area contributed by atoms with E-state index in [0.29, 0.717) is 22.6 Å². The molecular weight excluding hydrogens is 464 g/mol. The van der Waals surface area contributed by atoms with Crippen molar-refractivity contribution in [3.8, 4) is 17.1 Å². The lowest BCUT2D eigenvalue weighted by atomic mass is 10.1. The van der Waals surface area contributed by atoms with Gasteiger partial charge in [0, 0.05) is 16.5 Å². The van der Waals surface area contributed by atoms with Gasteiger partial charge in [0.1, 0.15) is 28.6 Å². The van der Waals surface area contributed by atoms with E-state index in [2.05, 4.69) is 10.6 Å². The van der Waals surface area contributed by atoms with Crippen LogP contribution in [0.15, 0.2) is 52.5 Å².